The number of benzene rings is 1. The first-order chi connectivity index (χ1) is 6.60. The van der Waals surface area contributed by atoms with Gasteiger partial charge in [-0.1, -0.05) is 0 Å². The van der Waals surface area contributed by atoms with E-state index in [1.165, 1.54) is 0 Å². The zero-order valence-electron chi connectivity index (χ0n) is 7.05. The predicted octanol–water partition coefficient (Wildman–Crippen LogP) is 1.70. The van der Waals surface area contributed by atoms with Gasteiger partial charge in [0.25, 0.3) is 0 Å². The summed E-state index contributed by atoms with van der Waals surface area (Å²) in [6, 6.07) is 3.64. The van der Waals surface area contributed by atoms with Crippen LogP contribution in [0.2, 0.25) is 0 Å². The summed E-state index contributed by atoms with van der Waals surface area (Å²) >= 11 is 5.30. The van der Waals surface area contributed by atoms with E-state index in [9.17, 15) is 9.18 Å². The summed E-state index contributed by atoms with van der Waals surface area (Å²) in [5, 5.41) is 8.58. The summed E-state index contributed by atoms with van der Waals surface area (Å²) in [4.78, 5) is 11.2. The van der Waals surface area contributed by atoms with Gasteiger partial charge < -0.3 is 5.73 Å². The number of hydrogen-bond acceptors (Lipinski definition) is 3. The SMILES string of the molecule is N#Cc1cc(F)cc(C(=O)CCl)c1N. The minimum atomic E-state index is -0.677. The standard InChI is InChI=1S/C9H6ClFN2O/c10-3-8(14)7-2-6(11)1-5(4-12)9(7)13/h1-2H,3,13H2. The third-order valence-corrected chi connectivity index (χ3v) is 1.93. The molecule has 1 aromatic carbocycles. The Hall–Kier alpha value is -1.60. The third kappa shape index (κ3) is 1.83. The van der Waals surface area contributed by atoms with E-state index in [1.807, 2.05) is 0 Å². The van der Waals surface area contributed by atoms with E-state index in [1.54, 1.807) is 6.07 Å². The Morgan fingerprint density at radius 3 is 2.79 bits per heavy atom. The highest BCUT2D eigenvalue weighted by Gasteiger charge is 2.13. The molecule has 5 heteroatoms. The maximum Gasteiger partial charge on any atom is 0.179 e. The van der Waals surface area contributed by atoms with Crippen LogP contribution in [0.25, 0.3) is 0 Å². The van der Waals surface area contributed by atoms with Crippen LogP contribution >= 0.6 is 11.6 Å². The summed E-state index contributed by atoms with van der Waals surface area (Å²) in [5.41, 5.74) is 5.34. The van der Waals surface area contributed by atoms with E-state index in [-0.39, 0.29) is 22.7 Å². The van der Waals surface area contributed by atoms with Gasteiger partial charge in [0.15, 0.2) is 5.78 Å². The highest BCUT2D eigenvalue weighted by atomic mass is 35.5. The molecular formula is C9H6ClFN2O. The summed E-state index contributed by atoms with van der Waals surface area (Å²) in [6.07, 6.45) is 0. The molecule has 1 aromatic rings. The van der Waals surface area contributed by atoms with Gasteiger partial charge in [0.2, 0.25) is 0 Å². The highest BCUT2D eigenvalue weighted by Crippen LogP contribution is 2.19. The van der Waals surface area contributed by atoms with Crippen molar-refractivity contribution in [1.29, 1.82) is 5.26 Å². The molecule has 1 rings (SSSR count). The van der Waals surface area contributed by atoms with Gasteiger partial charge >= 0.3 is 0 Å². The Morgan fingerprint density at radius 1 is 1.64 bits per heavy atom. The Morgan fingerprint density at radius 2 is 2.29 bits per heavy atom. The van der Waals surface area contributed by atoms with Crippen LogP contribution in [-0.4, -0.2) is 11.7 Å². The minimum absolute atomic E-state index is 0.0282. The van der Waals surface area contributed by atoms with Crippen LogP contribution in [0.3, 0.4) is 0 Å². The maximum atomic E-state index is 12.9. The molecule has 0 saturated heterocycles. The molecule has 0 spiro atoms. The molecule has 2 N–H and O–H groups in total. The molecule has 0 bridgehead atoms. The summed E-state index contributed by atoms with van der Waals surface area (Å²) in [7, 11) is 0. The summed E-state index contributed by atoms with van der Waals surface area (Å²) < 4.78 is 12.9. The number of nitrogens with zero attached hydrogens (tertiary/aromatic N) is 1. The molecule has 0 aliphatic carbocycles. The first-order valence-corrected chi connectivity index (χ1v) is 4.22. The summed E-state index contributed by atoms with van der Waals surface area (Å²) in [5.74, 6) is -1.47. The molecule has 72 valence electrons. The van der Waals surface area contributed by atoms with E-state index in [2.05, 4.69) is 0 Å². The molecule has 0 aliphatic rings. The lowest BCUT2D eigenvalue weighted by molar-refractivity contribution is 0.102. The minimum Gasteiger partial charge on any atom is -0.397 e. The molecule has 14 heavy (non-hydrogen) atoms. The van der Waals surface area contributed by atoms with E-state index in [0.717, 1.165) is 12.1 Å². The second kappa shape index (κ2) is 4.07. The van der Waals surface area contributed by atoms with Crippen LogP contribution in [0.4, 0.5) is 10.1 Å². The van der Waals surface area contributed by atoms with Gasteiger partial charge in [-0.25, -0.2) is 4.39 Å². The van der Waals surface area contributed by atoms with Crippen molar-refractivity contribution in [1.82, 2.24) is 0 Å². The number of carbonyl (C=O) groups excluding carboxylic acids is 1. The van der Waals surface area contributed by atoms with Crippen molar-refractivity contribution in [3.05, 3.63) is 29.1 Å². The molecule has 0 aliphatic heterocycles. The number of halogens is 2. The smallest absolute Gasteiger partial charge is 0.179 e. The van der Waals surface area contributed by atoms with Crippen molar-refractivity contribution in [2.24, 2.45) is 0 Å². The number of nitriles is 1. The number of Topliss-reactive ketones (excluding diaryl/α,β-unsaturated/α-hetero) is 1. The van der Waals surface area contributed by atoms with Gasteiger partial charge in [0.05, 0.1) is 17.1 Å². The fourth-order valence-electron chi connectivity index (χ4n) is 1.01. The molecule has 3 nitrogen and oxygen atoms in total. The third-order valence-electron chi connectivity index (χ3n) is 1.69. The number of hydrogen-bond donors (Lipinski definition) is 1. The molecule has 0 fully saturated rings. The molecule has 0 unspecified atom stereocenters. The molecule has 0 aromatic heterocycles. The van der Waals surface area contributed by atoms with E-state index < -0.39 is 11.6 Å². The van der Waals surface area contributed by atoms with Crippen molar-refractivity contribution < 1.29 is 9.18 Å². The van der Waals surface area contributed by atoms with E-state index in [4.69, 9.17) is 22.6 Å². The van der Waals surface area contributed by atoms with Crippen LogP contribution < -0.4 is 5.73 Å². The number of ketones is 1. The fraction of sp³-hybridized carbons (Fsp3) is 0.111. The van der Waals surface area contributed by atoms with Gasteiger partial charge in [0, 0.05) is 5.56 Å². The molecule has 0 saturated carbocycles. The van der Waals surface area contributed by atoms with E-state index in [0.29, 0.717) is 0 Å². The van der Waals surface area contributed by atoms with Gasteiger partial charge in [-0.3, -0.25) is 4.79 Å². The molecule has 0 heterocycles. The lowest BCUT2D eigenvalue weighted by Gasteiger charge is -2.04. The highest BCUT2D eigenvalue weighted by molar-refractivity contribution is 6.31. The van der Waals surface area contributed by atoms with Crippen molar-refractivity contribution >= 4 is 23.1 Å². The van der Waals surface area contributed by atoms with Crippen LogP contribution in [-0.2, 0) is 0 Å². The topological polar surface area (TPSA) is 66.9 Å². The normalized spacial score (nSPS) is 9.50. The molecule has 0 atom stereocenters. The maximum absolute atomic E-state index is 12.9. The Bertz CT molecular complexity index is 426. The van der Waals surface area contributed by atoms with Gasteiger partial charge in [0.1, 0.15) is 11.9 Å². The lowest BCUT2D eigenvalue weighted by Crippen LogP contribution is -2.07. The Labute approximate surface area is 84.9 Å². The Balaban J connectivity index is 3.38. The van der Waals surface area contributed by atoms with Crippen molar-refractivity contribution in [2.75, 3.05) is 11.6 Å². The average Bonchev–Trinajstić information content (AvgIpc) is 2.19. The first kappa shape index (κ1) is 10.5. The van der Waals surface area contributed by atoms with Crippen LogP contribution in [0, 0.1) is 17.1 Å². The average molecular weight is 213 g/mol. The first-order valence-electron chi connectivity index (χ1n) is 3.68. The van der Waals surface area contributed by atoms with Crippen LogP contribution in [0.1, 0.15) is 15.9 Å². The summed E-state index contributed by atoms with van der Waals surface area (Å²) in [6.45, 7) is 0. The van der Waals surface area contributed by atoms with Crippen molar-refractivity contribution in [3.63, 3.8) is 0 Å². The van der Waals surface area contributed by atoms with E-state index >= 15 is 0 Å². The number of anilines is 1. The fourth-order valence-corrected chi connectivity index (χ4v) is 1.16. The quantitative estimate of drug-likeness (QED) is 0.461. The van der Waals surface area contributed by atoms with Gasteiger partial charge in [-0.15, -0.1) is 11.6 Å². The molecular weight excluding hydrogens is 207 g/mol. The lowest BCUT2D eigenvalue weighted by atomic mass is 10.1. The van der Waals surface area contributed by atoms with Crippen LogP contribution in [0.5, 0.6) is 0 Å². The number of nitrogen functional groups attached to an aromatic ring is 1. The monoisotopic (exact) mass is 212 g/mol. The second-order valence-corrected chi connectivity index (χ2v) is 2.85. The number of nitrogens with two attached hydrogens (primary N) is 1. The largest absolute Gasteiger partial charge is 0.397 e. The molecule has 0 amide bonds. The second-order valence-electron chi connectivity index (χ2n) is 2.58. The van der Waals surface area contributed by atoms with Crippen molar-refractivity contribution in [3.8, 4) is 6.07 Å². The zero-order valence-corrected chi connectivity index (χ0v) is 7.81. The van der Waals surface area contributed by atoms with Crippen LogP contribution in [0.15, 0.2) is 12.1 Å². The van der Waals surface area contributed by atoms with Gasteiger partial charge in [-0.05, 0) is 12.1 Å². The number of rotatable bonds is 2. The Kier molecular flexibility index (Phi) is 3.05. The predicted molar refractivity (Wildman–Crippen MR) is 50.6 cm³/mol. The number of alkyl halides is 1. The zero-order chi connectivity index (χ0) is 10.7. The number of carbonyl (C=O) groups is 1. The van der Waals surface area contributed by atoms with Gasteiger partial charge in [-0.2, -0.15) is 5.26 Å². The molecule has 0 radical (unpaired) electrons. The van der Waals surface area contributed by atoms with Crippen molar-refractivity contribution in [2.45, 2.75) is 0 Å².